The van der Waals surface area contributed by atoms with Gasteiger partial charge in [0.2, 0.25) is 5.95 Å². The zero-order valence-electron chi connectivity index (χ0n) is 15.2. The van der Waals surface area contributed by atoms with Crippen LogP contribution >= 0.6 is 27.7 Å². The summed E-state index contributed by atoms with van der Waals surface area (Å²) in [5.41, 5.74) is 1.64. The number of carbonyl (C=O) groups excluding carboxylic acids is 1. The van der Waals surface area contributed by atoms with Crippen molar-refractivity contribution in [2.24, 2.45) is 0 Å². The summed E-state index contributed by atoms with van der Waals surface area (Å²) >= 11 is 4.96. The topological polar surface area (TPSA) is 72.7 Å². The highest BCUT2D eigenvalue weighted by Gasteiger charge is 2.10. The van der Waals surface area contributed by atoms with Crippen molar-refractivity contribution < 1.29 is 4.79 Å². The SMILES string of the molecule is O=C(Nc1ncn(Cc2ccc(Br)cc2)n1)c1ccc(Sc2ccccn2)cc1. The normalized spacial score (nSPS) is 10.7. The Labute approximate surface area is 180 Å². The molecule has 0 saturated carbocycles. The molecule has 0 radical (unpaired) electrons. The second kappa shape index (κ2) is 9.02. The molecule has 0 spiro atoms. The smallest absolute Gasteiger partial charge is 0.258 e. The van der Waals surface area contributed by atoms with Crippen molar-refractivity contribution in [2.45, 2.75) is 16.5 Å². The standard InChI is InChI=1S/C21H16BrN5OS/c22-17-8-4-15(5-9-17)13-27-14-24-21(26-27)25-20(28)16-6-10-18(11-7-16)29-19-3-1-2-12-23-19/h1-12,14H,13H2,(H,25,26,28). The highest BCUT2D eigenvalue weighted by Crippen LogP contribution is 2.25. The Balaban J connectivity index is 1.36. The summed E-state index contributed by atoms with van der Waals surface area (Å²) in [5.74, 6) is 0.0276. The summed E-state index contributed by atoms with van der Waals surface area (Å²) in [6.07, 6.45) is 3.36. The molecule has 29 heavy (non-hydrogen) atoms. The number of nitrogens with one attached hydrogen (secondary N) is 1. The average Bonchev–Trinajstić information content (AvgIpc) is 3.18. The third-order valence-electron chi connectivity index (χ3n) is 4.00. The van der Waals surface area contributed by atoms with Crippen LogP contribution in [-0.2, 0) is 6.54 Å². The quantitative estimate of drug-likeness (QED) is 0.438. The van der Waals surface area contributed by atoms with E-state index < -0.39 is 0 Å². The second-order valence-corrected chi connectivity index (χ2v) is 8.15. The number of halogens is 1. The maximum absolute atomic E-state index is 12.5. The average molecular weight is 466 g/mol. The molecule has 6 nitrogen and oxygen atoms in total. The molecule has 0 atom stereocenters. The molecule has 0 fully saturated rings. The fourth-order valence-electron chi connectivity index (χ4n) is 2.58. The maximum atomic E-state index is 12.5. The van der Waals surface area contributed by atoms with Crippen LogP contribution in [0.15, 0.2) is 93.6 Å². The Morgan fingerprint density at radius 1 is 1.00 bits per heavy atom. The molecule has 2 aromatic carbocycles. The zero-order valence-corrected chi connectivity index (χ0v) is 17.6. The van der Waals surface area contributed by atoms with Crippen molar-refractivity contribution in [3.05, 3.63) is 94.9 Å². The first-order valence-corrected chi connectivity index (χ1v) is 10.4. The van der Waals surface area contributed by atoms with Gasteiger partial charge in [-0.1, -0.05) is 45.9 Å². The van der Waals surface area contributed by atoms with Crippen LogP contribution in [0.5, 0.6) is 0 Å². The Bertz CT molecular complexity index is 1100. The van der Waals surface area contributed by atoms with Gasteiger partial charge in [-0.3, -0.25) is 10.1 Å². The number of benzene rings is 2. The van der Waals surface area contributed by atoms with Gasteiger partial charge in [0, 0.05) is 21.1 Å². The predicted octanol–water partition coefficient (Wildman–Crippen LogP) is 4.89. The van der Waals surface area contributed by atoms with Crippen molar-refractivity contribution in [3.8, 4) is 0 Å². The van der Waals surface area contributed by atoms with E-state index in [1.165, 1.54) is 0 Å². The zero-order chi connectivity index (χ0) is 20.1. The largest absolute Gasteiger partial charge is 0.289 e. The molecule has 144 valence electrons. The van der Waals surface area contributed by atoms with Gasteiger partial charge in [0.25, 0.3) is 5.91 Å². The van der Waals surface area contributed by atoms with Crippen molar-refractivity contribution in [2.75, 3.05) is 5.32 Å². The van der Waals surface area contributed by atoms with Crippen molar-refractivity contribution in [3.63, 3.8) is 0 Å². The van der Waals surface area contributed by atoms with E-state index in [1.54, 1.807) is 41.1 Å². The molecule has 0 aliphatic carbocycles. The highest BCUT2D eigenvalue weighted by molar-refractivity contribution is 9.10. The summed E-state index contributed by atoms with van der Waals surface area (Å²) in [6.45, 7) is 0.579. The van der Waals surface area contributed by atoms with Gasteiger partial charge in [-0.15, -0.1) is 5.10 Å². The van der Waals surface area contributed by atoms with Crippen LogP contribution in [0.3, 0.4) is 0 Å². The van der Waals surface area contributed by atoms with Crippen LogP contribution in [0.4, 0.5) is 5.95 Å². The first kappa shape index (κ1) is 19.4. The van der Waals surface area contributed by atoms with E-state index in [9.17, 15) is 4.79 Å². The minimum Gasteiger partial charge on any atom is -0.289 e. The summed E-state index contributed by atoms with van der Waals surface area (Å²) in [7, 11) is 0. The number of amides is 1. The molecule has 0 aliphatic rings. The Morgan fingerprint density at radius 2 is 1.79 bits per heavy atom. The van der Waals surface area contributed by atoms with Crippen LogP contribution in [0.2, 0.25) is 0 Å². The number of hydrogen-bond acceptors (Lipinski definition) is 5. The first-order chi connectivity index (χ1) is 14.2. The summed E-state index contributed by atoms with van der Waals surface area (Å²) in [6, 6.07) is 21.1. The summed E-state index contributed by atoms with van der Waals surface area (Å²) in [5, 5.41) is 7.96. The van der Waals surface area contributed by atoms with Crippen LogP contribution in [-0.4, -0.2) is 25.7 Å². The van der Waals surface area contributed by atoms with E-state index in [2.05, 4.69) is 36.3 Å². The lowest BCUT2D eigenvalue weighted by Gasteiger charge is -2.04. The van der Waals surface area contributed by atoms with Gasteiger partial charge >= 0.3 is 0 Å². The van der Waals surface area contributed by atoms with Crippen molar-refractivity contribution in [1.82, 2.24) is 19.7 Å². The predicted molar refractivity (Wildman–Crippen MR) is 116 cm³/mol. The Kier molecular flexibility index (Phi) is 6.02. The third-order valence-corrected chi connectivity index (χ3v) is 5.48. The van der Waals surface area contributed by atoms with Crippen LogP contribution < -0.4 is 5.32 Å². The minimum atomic E-state index is -0.249. The lowest BCUT2D eigenvalue weighted by molar-refractivity contribution is 0.102. The lowest BCUT2D eigenvalue weighted by atomic mass is 10.2. The summed E-state index contributed by atoms with van der Waals surface area (Å²) < 4.78 is 2.71. The number of pyridine rings is 1. The van der Waals surface area contributed by atoms with Gasteiger partial charge in [0.1, 0.15) is 11.4 Å². The van der Waals surface area contributed by atoms with Crippen LogP contribution in [0.25, 0.3) is 0 Å². The number of nitrogens with zero attached hydrogens (tertiary/aromatic N) is 4. The summed E-state index contributed by atoms with van der Waals surface area (Å²) in [4.78, 5) is 21.9. The molecule has 4 aromatic rings. The number of aromatic nitrogens is 4. The van der Waals surface area contributed by atoms with E-state index >= 15 is 0 Å². The van der Waals surface area contributed by atoms with Crippen LogP contribution in [0, 0.1) is 0 Å². The van der Waals surface area contributed by atoms with E-state index in [0.29, 0.717) is 12.1 Å². The monoisotopic (exact) mass is 465 g/mol. The molecule has 0 bridgehead atoms. The molecule has 8 heteroatoms. The molecule has 1 N–H and O–H groups in total. The molecule has 2 heterocycles. The van der Waals surface area contributed by atoms with Gasteiger partial charge < -0.3 is 0 Å². The molecular formula is C21H16BrN5OS. The van der Waals surface area contributed by atoms with Crippen molar-refractivity contribution in [1.29, 1.82) is 0 Å². The third kappa shape index (κ3) is 5.30. The molecule has 0 unspecified atom stereocenters. The minimum absolute atomic E-state index is 0.249. The first-order valence-electron chi connectivity index (χ1n) is 8.80. The number of rotatable bonds is 6. The number of anilines is 1. The second-order valence-electron chi connectivity index (χ2n) is 6.14. The molecule has 1 amide bonds. The van der Waals surface area contributed by atoms with Crippen molar-refractivity contribution >= 4 is 39.5 Å². The highest BCUT2D eigenvalue weighted by atomic mass is 79.9. The molecule has 2 aromatic heterocycles. The molecule has 0 aliphatic heterocycles. The Morgan fingerprint density at radius 3 is 2.52 bits per heavy atom. The lowest BCUT2D eigenvalue weighted by Crippen LogP contribution is -2.13. The number of hydrogen-bond donors (Lipinski definition) is 1. The van der Waals surface area contributed by atoms with E-state index in [4.69, 9.17) is 0 Å². The maximum Gasteiger partial charge on any atom is 0.258 e. The fraction of sp³-hybridized carbons (Fsp3) is 0.0476. The van der Waals surface area contributed by atoms with E-state index in [1.807, 2.05) is 54.6 Å². The molecule has 4 rings (SSSR count). The van der Waals surface area contributed by atoms with Gasteiger partial charge in [0.05, 0.1) is 6.54 Å². The molecule has 0 saturated heterocycles. The van der Waals surface area contributed by atoms with Crippen LogP contribution in [0.1, 0.15) is 15.9 Å². The van der Waals surface area contributed by atoms with E-state index in [0.717, 1.165) is 20.0 Å². The van der Waals surface area contributed by atoms with E-state index in [-0.39, 0.29) is 11.9 Å². The Hall–Kier alpha value is -2.97. The van der Waals surface area contributed by atoms with Gasteiger partial charge in [-0.2, -0.15) is 0 Å². The van der Waals surface area contributed by atoms with Gasteiger partial charge in [-0.25, -0.2) is 14.6 Å². The van der Waals surface area contributed by atoms with Gasteiger partial charge in [-0.05, 0) is 54.1 Å². The number of carbonyl (C=O) groups is 1. The molecular weight excluding hydrogens is 450 g/mol. The van der Waals surface area contributed by atoms with Gasteiger partial charge in [0.15, 0.2) is 0 Å². The fourth-order valence-corrected chi connectivity index (χ4v) is 3.62.